The van der Waals surface area contributed by atoms with Crippen molar-refractivity contribution >= 4 is 5.97 Å². The molecular formula is C15H22N2O2. The van der Waals surface area contributed by atoms with Gasteiger partial charge in [-0.3, -0.25) is 4.90 Å². The van der Waals surface area contributed by atoms with Crippen LogP contribution in [0.25, 0.3) is 0 Å². The maximum absolute atomic E-state index is 10.9. The van der Waals surface area contributed by atoms with Crippen molar-refractivity contribution in [2.24, 2.45) is 5.92 Å². The predicted molar refractivity (Wildman–Crippen MR) is 74.1 cm³/mol. The maximum atomic E-state index is 10.9. The lowest BCUT2D eigenvalue weighted by Crippen LogP contribution is -2.38. The van der Waals surface area contributed by atoms with Crippen molar-refractivity contribution in [3.8, 4) is 0 Å². The van der Waals surface area contributed by atoms with E-state index in [0.29, 0.717) is 6.04 Å². The van der Waals surface area contributed by atoms with Crippen LogP contribution in [0.15, 0.2) is 18.3 Å². The summed E-state index contributed by atoms with van der Waals surface area (Å²) in [5.74, 6) is -0.241. The van der Waals surface area contributed by atoms with Gasteiger partial charge in [0.25, 0.3) is 0 Å². The Hall–Kier alpha value is -1.42. The summed E-state index contributed by atoms with van der Waals surface area (Å²) in [6.07, 6.45) is 6.76. The quantitative estimate of drug-likeness (QED) is 0.906. The van der Waals surface area contributed by atoms with Crippen molar-refractivity contribution in [2.45, 2.75) is 45.2 Å². The van der Waals surface area contributed by atoms with Gasteiger partial charge in [-0.05, 0) is 43.5 Å². The average Bonchev–Trinajstić information content (AvgIpc) is 2.39. The molecule has 0 aromatic carbocycles. The largest absolute Gasteiger partial charge is 0.477 e. The van der Waals surface area contributed by atoms with Crippen LogP contribution < -0.4 is 0 Å². The molecule has 1 saturated carbocycles. The van der Waals surface area contributed by atoms with Crippen LogP contribution >= 0.6 is 0 Å². The first kappa shape index (κ1) is 14.0. The van der Waals surface area contributed by atoms with Gasteiger partial charge in [-0.2, -0.15) is 0 Å². The highest BCUT2D eigenvalue weighted by molar-refractivity contribution is 5.85. The molecule has 1 aromatic heterocycles. The van der Waals surface area contributed by atoms with Gasteiger partial charge in [-0.1, -0.05) is 19.8 Å². The van der Waals surface area contributed by atoms with E-state index in [1.165, 1.54) is 25.7 Å². The molecule has 4 nitrogen and oxygen atoms in total. The summed E-state index contributed by atoms with van der Waals surface area (Å²) in [5, 5.41) is 8.96. The minimum Gasteiger partial charge on any atom is -0.477 e. The minimum absolute atomic E-state index is 0.127. The Kier molecular flexibility index (Phi) is 4.53. The van der Waals surface area contributed by atoms with Crippen LogP contribution in [0.5, 0.6) is 0 Å². The van der Waals surface area contributed by atoms with E-state index in [-0.39, 0.29) is 5.69 Å². The number of carbonyl (C=O) groups is 1. The van der Waals surface area contributed by atoms with Gasteiger partial charge < -0.3 is 5.11 Å². The summed E-state index contributed by atoms with van der Waals surface area (Å²) < 4.78 is 0. The Bertz CT molecular complexity index is 448. The van der Waals surface area contributed by atoms with Gasteiger partial charge in [-0.25, -0.2) is 9.78 Å². The predicted octanol–water partition coefficient (Wildman–Crippen LogP) is 2.79. The number of hydrogen-bond donors (Lipinski definition) is 1. The zero-order valence-electron chi connectivity index (χ0n) is 11.7. The standard InChI is InChI=1S/C15H22N2O2/c1-11-5-3-4-6-14(11)17(2)10-12-7-8-16-13(9-12)15(18)19/h7-9,11,14H,3-6,10H2,1-2H3,(H,18,19). The fourth-order valence-electron chi connectivity index (χ4n) is 3.05. The second-order valence-electron chi connectivity index (χ2n) is 5.60. The highest BCUT2D eigenvalue weighted by atomic mass is 16.4. The molecule has 2 rings (SSSR count). The molecule has 0 bridgehead atoms. The van der Waals surface area contributed by atoms with Crippen molar-refractivity contribution in [1.29, 1.82) is 0 Å². The summed E-state index contributed by atoms with van der Waals surface area (Å²) in [6, 6.07) is 4.18. The summed E-state index contributed by atoms with van der Waals surface area (Å²) in [5.41, 5.74) is 1.15. The lowest BCUT2D eigenvalue weighted by Gasteiger charge is -2.36. The number of carboxylic acid groups (broad SMARTS) is 1. The van der Waals surface area contributed by atoms with Gasteiger partial charge >= 0.3 is 5.97 Å². The summed E-state index contributed by atoms with van der Waals surface area (Å²) in [4.78, 5) is 17.1. The number of hydrogen-bond acceptors (Lipinski definition) is 3. The zero-order valence-corrected chi connectivity index (χ0v) is 11.7. The van der Waals surface area contributed by atoms with Crippen molar-refractivity contribution in [3.63, 3.8) is 0 Å². The van der Waals surface area contributed by atoms with E-state index < -0.39 is 5.97 Å². The van der Waals surface area contributed by atoms with Crippen LogP contribution in [0.1, 0.15) is 48.7 Å². The van der Waals surface area contributed by atoms with Crippen molar-refractivity contribution in [1.82, 2.24) is 9.88 Å². The molecule has 1 heterocycles. The highest BCUT2D eigenvalue weighted by Gasteiger charge is 2.24. The Morgan fingerprint density at radius 2 is 2.21 bits per heavy atom. The van der Waals surface area contributed by atoms with Gasteiger partial charge in [0, 0.05) is 18.8 Å². The van der Waals surface area contributed by atoms with Crippen LogP contribution in [-0.2, 0) is 6.54 Å². The average molecular weight is 262 g/mol. The molecule has 0 spiro atoms. The summed E-state index contributed by atoms with van der Waals surface area (Å²) in [6.45, 7) is 3.10. The first-order valence-electron chi connectivity index (χ1n) is 6.96. The van der Waals surface area contributed by atoms with Crippen LogP contribution in [-0.4, -0.2) is 34.0 Å². The fourth-order valence-corrected chi connectivity index (χ4v) is 3.05. The van der Waals surface area contributed by atoms with E-state index in [2.05, 4.69) is 23.9 Å². The Labute approximate surface area is 114 Å². The molecule has 1 aliphatic carbocycles. The first-order chi connectivity index (χ1) is 9.08. The van der Waals surface area contributed by atoms with E-state index >= 15 is 0 Å². The molecule has 1 aliphatic rings. The molecule has 1 aromatic rings. The second kappa shape index (κ2) is 6.15. The molecule has 0 amide bonds. The van der Waals surface area contributed by atoms with Gasteiger partial charge in [0.05, 0.1) is 0 Å². The van der Waals surface area contributed by atoms with Crippen molar-refractivity contribution in [2.75, 3.05) is 7.05 Å². The molecule has 1 fully saturated rings. The van der Waals surface area contributed by atoms with E-state index in [1.807, 2.05) is 6.07 Å². The monoisotopic (exact) mass is 262 g/mol. The molecule has 2 unspecified atom stereocenters. The van der Waals surface area contributed by atoms with E-state index in [1.54, 1.807) is 12.3 Å². The topological polar surface area (TPSA) is 53.4 Å². The van der Waals surface area contributed by atoms with Gasteiger partial charge in [0.2, 0.25) is 0 Å². The Balaban J connectivity index is 2.03. The Morgan fingerprint density at radius 3 is 2.89 bits per heavy atom. The normalized spacial score (nSPS) is 23.5. The Morgan fingerprint density at radius 1 is 1.47 bits per heavy atom. The van der Waals surface area contributed by atoms with Gasteiger partial charge in [0.1, 0.15) is 5.69 Å². The van der Waals surface area contributed by atoms with Gasteiger partial charge in [0.15, 0.2) is 0 Å². The van der Waals surface area contributed by atoms with Crippen LogP contribution in [0.4, 0.5) is 0 Å². The lowest BCUT2D eigenvalue weighted by atomic mass is 9.85. The summed E-state index contributed by atoms with van der Waals surface area (Å²) in [7, 11) is 2.13. The van der Waals surface area contributed by atoms with E-state index in [9.17, 15) is 4.79 Å². The second-order valence-corrected chi connectivity index (χ2v) is 5.60. The fraction of sp³-hybridized carbons (Fsp3) is 0.600. The number of nitrogens with zero attached hydrogens (tertiary/aromatic N) is 2. The molecule has 19 heavy (non-hydrogen) atoms. The molecular weight excluding hydrogens is 240 g/mol. The highest BCUT2D eigenvalue weighted by Crippen LogP contribution is 2.28. The third-order valence-corrected chi connectivity index (χ3v) is 4.11. The smallest absolute Gasteiger partial charge is 0.354 e. The number of rotatable bonds is 4. The zero-order chi connectivity index (χ0) is 13.8. The molecule has 104 valence electrons. The summed E-state index contributed by atoms with van der Waals surface area (Å²) >= 11 is 0. The molecule has 0 radical (unpaired) electrons. The molecule has 4 heteroatoms. The number of aromatic nitrogens is 1. The molecule has 1 N–H and O–H groups in total. The van der Waals surface area contributed by atoms with Crippen LogP contribution in [0.2, 0.25) is 0 Å². The lowest BCUT2D eigenvalue weighted by molar-refractivity contribution is 0.0690. The SMILES string of the molecule is CC1CCCCC1N(C)Cc1ccnc(C(=O)O)c1. The maximum Gasteiger partial charge on any atom is 0.354 e. The van der Waals surface area contributed by atoms with Crippen molar-refractivity contribution in [3.05, 3.63) is 29.6 Å². The minimum atomic E-state index is -0.962. The number of aromatic carboxylic acids is 1. The van der Waals surface area contributed by atoms with E-state index in [4.69, 9.17) is 5.11 Å². The van der Waals surface area contributed by atoms with Crippen LogP contribution in [0, 0.1) is 5.92 Å². The molecule has 0 saturated heterocycles. The van der Waals surface area contributed by atoms with Crippen LogP contribution in [0.3, 0.4) is 0 Å². The van der Waals surface area contributed by atoms with Gasteiger partial charge in [-0.15, -0.1) is 0 Å². The number of carboxylic acids is 1. The first-order valence-corrected chi connectivity index (χ1v) is 6.96. The molecule has 2 atom stereocenters. The third-order valence-electron chi connectivity index (χ3n) is 4.11. The third kappa shape index (κ3) is 3.53. The number of pyridine rings is 1. The van der Waals surface area contributed by atoms with E-state index in [0.717, 1.165) is 18.0 Å². The van der Waals surface area contributed by atoms with Crippen molar-refractivity contribution < 1.29 is 9.90 Å². The molecule has 0 aliphatic heterocycles.